The summed E-state index contributed by atoms with van der Waals surface area (Å²) in [6, 6.07) is 12.1. The lowest BCUT2D eigenvalue weighted by molar-refractivity contribution is 0.0926. The summed E-state index contributed by atoms with van der Waals surface area (Å²) < 4.78 is 0.743. The maximum atomic E-state index is 12.5. The van der Waals surface area contributed by atoms with Crippen molar-refractivity contribution < 1.29 is 9.59 Å². The van der Waals surface area contributed by atoms with Gasteiger partial charge in [0, 0.05) is 9.86 Å². The molecule has 2 aromatic carbocycles. The standard InChI is InChI=1S/C17H8BrClN2O2/c18-13-7-15-9(6-14(13)19)5-10(8-20-15)21-16(22)11-3-1-2-4-12(11)17(21)23/h1-8H. The highest BCUT2D eigenvalue weighted by Gasteiger charge is 2.36. The van der Waals surface area contributed by atoms with E-state index in [0.717, 1.165) is 20.3 Å². The van der Waals surface area contributed by atoms with Gasteiger partial charge in [-0.3, -0.25) is 14.6 Å². The molecular weight excluding hydrogens is 380 g/mol. The van der Waals surface area contributed by atoms with Crippen LogP contribution in [0.3, 0.4) is 0 Å². The molecule has 0 atom stereocenters. The number of amides is 2. The van der Waals surface area contributed by atoms with Gasteiger partial charge < -0.3 is 0 Å². The van der Waals surface area contributed by atoms with E-state index in [2.05, 4.69) is 20.9 Å². The second kappa shape index (κ2) is 5.15. The Hall–Kier alpha value is -2.24. The average molecular weight is 388 g/mol. The van der Waals surface area contributed by atoms with Crippen LogP contribution in [-0.2, 0) is 0 Å². The van der Waals surface area contributed by atoms with Crippen LogP contribution in [0.15, 0.2) is 53.1 Å². The summed E-state index contributed by atoms with van der Waals surface area (Å²) in [6.07, 6.45) is 1.52. The van der Waals surface area contributed by atoms with Crippen molar-refractivity contribution in [3.05, 3.63) is 69.3 Å². The maximum Gasteiger partial charge on any atom is 0.266 e. The molecular formula is C17H8BrClN2O2. The quantitative estimate of drug-likeness (QED) is 0.580. The first kappa shape index (κ1) is 14.4. The zero-order valence-corrected chi connectivity index (χ0v) is 13.9. The Morgan fingerprint density at radius 3 is 2.30 bits per heavy atom. The predicted molar refractivity (Wildman–Crippen MR) is 92.0 cm³/mol. The molecule has 0 saturated carbocycles. The molecule has 0 N–H and O–H groups in total. The number of benzene rings is 2. The fourth-order valence-electron chi connectivity index (χ4n) is 2.66. The molecule has 23 heavy (non-hydrogen) atoms. The molecule has 1 aliphatic heterocycles. The Morgan fingerprint density at radius 1 is 1.00 bits per heavy atom. The number of carbonyl (C=O) groups is 2. The van der Waals surface area contributed by atoms with Crippen molar-refractivity contribution >= 4 is 55.9 Å². The van der Waals surface area contributed by atoms with Gasteiger partial charge in [0.2, 0.25) is 0 Å². The van der Waals surface area contributed by atoms with Crippen molar-refractivity contribution in [2.75, 3.05) is 4.90 Å². The smallest absolute Gasteiger partial charge is 0.266 e. The molecule has 1 aliphatic rings. The van der Waals surface area contributed by atoms with Gasteiger partial charge >= 0.3 is 0 Å². The summed E-state index contributed by atoms with van der Waals surface area (Å²) in [5.74, 6) is -0.676. The van der Waals surface area contributed by atoms with E-state index < -0.39 is 0 Å². The number of imide groups is 1. The molecule has 0 saturated heterocycles. The monoisotopic (exact) mass is 386 g/mol. The molecule has 1 aromatic heterocycles. The van der Waals surface area contributed by atoms with E-state index >= 15 is 0 Å². The Kier molecular flexibility index (Phi) is 3.21. The zero-order chi connectivity index (χ0) is 16.1. The summed E-state index contributed by atoms with van der Waals surface area (Å²) in [5, 5.41) is 1.30. The van der Waals surface area contributed by atoms with Gasteiger partial charge in [-0.15, -0.1) is 0 Å². The highest BCUT2D eigenvalue weighted by Crippen LogP contribution is 2.32. The topological polar surface area (TPSA) is 50.3 Å². The first-order valence-electron chi connectivity index (χ1n) is 6.79. The normalized spacial score (nSPS) is 13.7. The Balaban J connectivity index is 1.86. The van der Waals surface area contributed by atoms with Crippen LogP contribution in [0.5, 0.6) is 0 Å². The fourth-order valence-corrected chi connectivity index (χ4v) is 3.16. The number of halogens is 2. The number of pyridine rings is 1. The van der Waals surface area contributed by atoms with E-state index in [1.54, 1.807) is 42.5 Å². The summed E-state index contributed by atoms with van der Waals surface area (Å²) in [5.41, 5.74) is 1.97. The molecule has 4 nitrogen and oxygen atoms in total. The summed E-state index contributed by atoms with van der Waals surface area (Å²) in [4.78, 5) is 30.5. The van der Waals surface area contributed by atoms with Crippen molar-refractivity contribution in [1.29, 1.82) is 0 Å². The van der Waals surface area contributed by atoms with E-state index in [4.69, 9.17) is 11.6 Å². The van der Waals surface area contributed by atoms with Crippen LogP contribution in [0.25, 0.3) is 10.9 Å². The van der Waals surface area contributed by atoms with E-state index in [9.17, 15) is 9.59 Å². The Bertz CT molecular complexity index is 968. The van der Waals surface area contributed by atoms with Gasteiger partial charge in [-0.2, -0.15) is 0 Å². The number of hydrogen-bond donors (Lipinski definition) is 0. The highest BCUT2D eigenvalue weighted by atomic mass is 79.9. The average Bonchev–Trinajstić information content (AvgIpc) is 2.80. The number of hydrogen-bond acceptors (Lipinski definition) is 3. The number of nitrogens with zero attached hydrogens (tertiary/aromatic N) is 2. The van der Waals surface area contributed by atoms with Gasteiger partial charge in [-0.05, 0) is 46.3 Å². The third-order valence-corrected chi connectivity index (χ3v) is 4.96. The molecule has 0 radical (unpaired) electrons. The van der Waals surface area contributed by atoms with Gasteiger partial charge in [-0.1, -0.05) is 23.7 Å². The number of carbonyl (C=O) groups excluding carboxylic acids is 2. The maximum absolute atomic E-state index is 12.5. The molecule has 0 fully saturated rings. The van der Waals surface area contributed by atoms with Crippen molar-refractivity contribution in [3.63, 3.8) is 0 Å². The third kappa shape index (κ3) is 2.16. The van der Waals surface area contributed by atoms with Crippen LogP contribution in [0, 0.1) is 0 Å². The second-order valence-corrected chi connectivity index (χ2v) is 6.41. The number of rotatable bonds is 1. The summed E-state index contributed by atoms with van der Waals surface area (Å²) in [6.45, 7) is 0. The van der Waals surface area contributed by atoms with Gasteiger partial charge in [0.05, 0.1) is 33.6 Å². The molecule has 0 spiro atoms. The minimum Gasteiger partial charge on any atom is -0.268 e. The molecule has 2 amide bonds. The van der Waals surface area contributed by atoms with Gasteiger partial charge in [-0.25, -0.2) is 4.90 Å². The fraction of sp³-hybridized carbons (Fsp3) is 0. The first-order chi connectivity index (χ1) is 11.1. The minimum atomic E-state index is -0.338. The van der Waals surface area contributed by atoms with Crippen LogP contribution in [-0.4, -0.2) is 16.8 Å². The lowest BCUT2D eigenvalue weighted by atomic mass is 10.1. The van der Waals surface area contributed by atoms with E-state index in [-0.39, 0.29) is 11.8 Å². The molecule has 0 bridgehead atoms. The van der Waals surface area contributed by atoms with Crippen LogP contribution in [0.2, 0.25) is 5.02 Å². The molecule has 6 heteroatoms. The summed E-state index contributed by atoms with van der Waals surface area (Å²) >= 11 is 9.46. The lowest BCUT2D eigenvalue weighted by Crippen LogP contribution is -2.29. The van der Waals surface area contributed by atoms with E-state index in [0.29, 0.717) is 21.8 Å². The SMILES string of the molecule is O=C1c2ccccc2C(=O)N1c1cnc2cc(Br)c(Cl)cc2c1. The van der Waals surface area contributed by atoms with Crippen LogP contribution in [0.4, 0.5) is 5.69 Å². The van der Waals surface area contributed by atoms with Crippen molar-refractivity contribution in [2.45, 2.75) is 0 Å². The number of fused-ring (bicyclic) bond motifs is 2. The van der Waals surface area contributed by atoms with Crippen LogP contribution < -0.4 is 4.90 Å². The van der Waals surface area contributed by atoms with Crippen molar-refractivity contribution in [2.24, 2.45) is 0 Å². The van der Waals surface area contributed by atoms with Gasteiger partial charge in [0.25, 0.3) is 11.8 Å². The lowest BCUT2D eigenvalue weighted by Gasteiger charge is -2.14. The largest absolute Gasteiger partial charge is 0.268 e. The number of aromatic nitrogens is 1. The Labute approximate surface area is 144 Å². The van der Waals surface area contributed by atoms with Gasteiger partial charge in [0.1, 0.15) is 0 Å². The molecule has 112 valence electrons. The molecule has 2 heterocycles. The van der Waals surface area contributed by atoms with Crippen molar-refractivity contribution in [3.8, 4) is 0 Å². The van der Waals surface area contributed by atoms with E-state index in [1.807, 2.05) is 0 Å². The van der Waals surface area contributed by atoms with Crippen LogP contribution >= 0.6 is 27.5 Å². The zero-order valence-electron chi connectivity index (χ0n) is 11.6. The van der Waals surface area contributed by atoms with E-state index in [1.165, 1.54) is 6.20 Å². The second-order valence-electron chi connectivity index (χ2n) is 5.14. The highest BCUT2D eigenvalue weighted by molar-refractivity contribution is 9.10. The number of anilines is 1. The molecule has 3 aromatic rings. The Morgan fingerprint density at radius 2 is 1.65 bits per heavy atom. The first-order valence-corrected chi connectivity index (χ1v) is 7.96. The van der Waals surface area contributed by atoms with Gasteiger partial charge in [0.15, 0.2) is 0 Å². The van der Waals surface area contributed by atoms with Crippen molar-refractivity contribution in [1.82, 2.24) is 4.98 Å². The molecule has 0 aliphatic carbocycles. The summed E-state index contributed by atoms with van der Waals surface area (Å²) in [7, 11) is 0. The predicted octanol–water partition coefficient (Wildman–Crippen LogP) is 4.45. The third-order valence-electron chi connectivity index (χ3n) is 3.76. The molecule has 4 rings (SSSR count). The molecule has 0 unspecified atom stereocenters. The minimum absolute atomic E-state index is 0.338. The van der Waals surface area contributed by atoms with Crippen LogP contribution in [0.1, 0.15) is 20.7 Å².